The Bertz CT molecular complexity index is 439. The summed E-state index contributed by atoms with van der Waals surface area (Å²) in [5, 5.41) is 11.6. The van der Waals surface area contributed by atoms with Crippen LogP contribution < -0.4 is 5.32 Å². The van der Waals surface area contributed by atoms with Crippen molar-refractivity contribution in [3.63, 3.8) is 0 Å². The zero-order valence-corrected chi connectivity index (χ0v) is 13.0. The van der Waals surface area contributed by atoms with Crippen LogP contribution in [0.3, 0.4) is 0 Å². The molecule has 2 N–H and O–H groups in total. The first-order valence-electron chi connectivity index (χ1n) is 6.25. The molecular formula is C14H19NO3S2. The Morgan fingerprint density at radius 2 is 2.00 bits per heavy atom. The molecule has 6 heteroatoms. The van der Waals surface area contributed by atoms with Crippen LogP contribution in [0.2, 0.25) is 0 Å². The predicted octanol–water partition coefficient (Wildman–Crippen LogP) is 1.71. The van der Waals surface area contributed by atoms with Gasteiger partial charge in [-0.05, 0) is 18.2 Å². The van der Waals surface area contributed by atoms with Crippen molar-refractivity contribution in [1.82, 2.24) is 5.32 Å². The largest absolute Gasteiger partial charge is 0.480 e. The van der Waals surface area contributed by atoms with Crippen LogP contribution in [0.15, 0.2) is 30.3 Å². The summed E-state index contributed by atoms with van der Waals surface area (Å²) >= 11 is 5.59. The molecule has 0 unspecified atom stereocenters. The van der Waals surface area contributed by atoms with Gasteiger partial charge in [-0.3, -0.25) is 4.79 Å². The highest BCUT2D eigenvalue weighted by atomic mass is 32.2. The van der Waals surface area contributed by atoms with Gasteiger partial charge in [0.05, 0.1) is 5.92 Å². The molecule has 0 aliphatic carbocycles. The Labute approximate surface area is 128 Å². The van der Waals surface area contributed by atoms with Crippen molar-refractivity contribution in [2.24, 2.45) is 5.92 Å². The molecular weight excluding hydrogens is 294 g/mol. The van der Waals surface area contributed by atoms with E-state index < -0.39 is 12.0 Å². The van der Waals surface area contributed by atoms with E-state index in [0.29, 0.717) is 17.9 Å². The lowest BCUT2D eigenvalue weighted by Crippen LogP contribution is -2.46. The summed E-state index contributed by atoms with van der Waals surface area (Å²) < 4.78 is 0. The van der Waals surface area contributed by atoms with E-state index in [1.807, 2.05) is 36.6 Å². The summed E-state index contributed by atoms with van der Waals surface area (Å²) in [6.07, 6.45) is 2.37. The molecule has 1 amide bonds. The van der Waals surface area contributed by atoms with Crippen LogP contribution in [-0.2, 0) is 16.0 Å². The molecule has 1 rings (SSSR count). The molecule has 0 radical (unpaired) electrons. The van der Waals surface area contributed by atoms with Crippen molar-refractivity contribution in [2.45, 2.75) is 12.5 Å². The minimum atomic E-state index is -1.01. The van der Waals surface area contributed by atoms with Gasteiger partial charge in [0.1, 0.15) is 6.04 Å². The molecule has 1 aromatic rings. The number of carbonyl (C=O) groups excluding carboxylic acids is 1. The van der Waals surface area contributed by atoms with Gasteiger partial charge in [-0.2, -0.15) is 24.4 Å². The Kier molecular flexibility index (Phi) is 7.54. The monoisotopic (exact) mass is 313 g/mol. The second-order valence-electron chi connectivity index (χ2n) is 4.42. The summed E-state index contributed by atoms with van der Waals surface area (Å²) in [6.45, 7) is 0. The van der Waals surface area contributed by atoms with Crippen molar-refractivity contribution in [1.29, 1.82) is 0 Å². The van der Waals surface area contributed by atoms with Crippen molar-refractivity contribution < 1.29 is 14.7 Å². The van der Waals surface area contributed by atoms with Gasteiger partial charge in [0.25, 0.3) is 0 Å². The number of carboxylic acid groups (broad SMARTS) is 1. The van der Waals surface area contributed by atoms with Crippen molar-refractivity contribution in [3.8, 4) is 0 Å². The average Bonchev–Trinajstić information content (AvgIpc) is 2.45. The molecule has 110 valence electrons. The highest BCUT2D eigenvalue weighted by Gasteiger charge is 2.24. The summed E-state index contributed by atoms with van der Waals surface area (Å²) in [6, 6.07) is 8.78. The van der Waals surface area contributed by atoms with Crippen LogP contribution in [0, 0.1) is 5.92 Å². The fourth-order valence-corrected chi connectivity index (χ4v) is 2.62. The molecule has 20 heavy (non-hydrogen) atoms. The molecule has 1 aromatic carbocycles. The van der Waals surface area contributed by atoms with Gasteiger partial charge in [-0.15, -0.1) is 0 Å². The Balaban J connectivity index is 2.64. The summed E-state index contributed by atoms with van der Waals surface area (Å²) in [5.74, 6) is -0.863. The lowest BCUT2D eigenvalue weighted by molar-refractivity contribution is -0.141. The zero-order chi connectivity index (χ0) is 15.0. The van der Waals surface area contributed by atoms with E-state index in [2.05, 4.69) is 17.9 Å². The number of carbonyl (C=O) groups is 2. The maximum Gasteiger partial charge on any atom is 0.327 e. The smallest absolute Gasteiger partial charge is 0.327 e. The molecule has 0 saturated heterocycles. The first-order chi connectivity index (χ1) is 9.58. The van der Waals surface area contributed by atoms with Gasteiger partial charge in [0, 0.05) is 11.5 Å². The zero-order valence-electron chi connectivity index (χ0n) is 11.3. The van der Waals surface area contributed by atoms with Gasteiger partial charge in [0.15, 0.2) is 0 Å². The molecule has 0 bridgehead atoms. The third kappa shape index (κ3) is 5.46. The summed E-state index contributed by atoms with van der Waals surface area (Å²) in [4.78, 5) is 23.2. The van der Waals surface area contributed by atoms with Gasteiger partial charge >= 0.3 is 5.97 Å². The first kappa shape index (κ1) is 16.9. The van der Waals surface area contributed by atoms with Crippen LogP contribution in [-0.4, -0.2) is 40.8 Å². The minimum absolute atomic E-state index is 0.259. The molecule has 0 aliphatic heterocycles. The van der Waals surface area contributed by atoms with E-state index in [1.165, 1.54) is 11.8 Å². The maximum atomic E-state index is 12.1. The van der Waals surface area contributed by atoms with E-state index in [4.69, 9.17) is 5.11 Å². The second-order valence-corrected chi connectivity index (χ2v) is 5.70. The Morgan fingerprint density at radius 1 is 1.35 bits per heavy atom. The lowest BCUT2D eigenvalue weighted by Gasteiger charge is -2.18. The SMILES string of the molecule is CSC[C@H](NC(=O)[C@@H](CS)Cc1ccccc1)C(=O)O. The van der Waals surface area contributed by atoms with Crippen molar-refractivity contribution >= 4 is 36.3 Å². The number of nitrogens with one attached hydrogen (secondary N) is 1. The van der Waals surface area contributed by atoms with E-state index in [9.17, 15) is 9.59 Å². The Morgan fingerprint density at radius 3 is 2.50 bits per heavy atom. The topological polar surface area (TPSA) is 66.4 Å². The molecule has 0 spiro atoms. The number of carboxylic acids is 1. The minimum Gasteiger partial charge on any atom is -0.480 e. The second kappa shape index (κ2) is 8.92. The van der Waals surface area contributed by atoms with Crippen LogP contribution >= 0.6 is 24.4 Å². The van der Waals surface area contributed by atoms with E-state index in [0.717, 1.165) is 5.56 Å². The third-order valence-electron chi connectivity index (χ3n) is 2.86. The number of hydrogen-bond acceptors (Lipinski definition) is 4. The number of benzene rings is 1. The van der Waals surface area contributed by atoms with Gasteiger partial charge < -0.3 is 10.4 Å². The average molecular weight is 313 g/mol. The normalized spacial score (nSPS) is 13.5. The number of amides is 1. The van der Waals surface area contributed by atoms with E-state index >= 15 is 0 Å². The molecule has 0 aromatic heterocycles. The highest BCUT2D eigenvalue weighted by molar-refractivity contribution is 7.98. The van der Waals surface area contributed by atoms with E-state index in [-0.39, 0.29) is 11.8 Å². The van der Waals surface area contributed by atoms with Crippen LogP contribution in [0.25, 0.3) is 0 Å². The standard InChI is InChI=1S/C14H19NO3S2/c1-20-9-12(14(17)18)15-13(16)11(8-19)7-10-5-3-2-4-6-10/h2-6,11-12,19H,7-9H2,1H3,(H,15,16)(H,17,18)/t11-,12+/m1/s1. The quantitative estimate of drug-likeness (QED) is 0.639. The van der Waals surface area contributed by atoms with Crippen LogP contribution in [0.1, 0.15) is 5.56 Å². The lowest BCUT2D eigenvalue weighted by atomic mass is 10.00. The number of aliphatic carboxylic acids is 1. The third-order valence-corrected chi connectivity index (χ3v) is 3.97. The molecule has 2 atom stereocenters. The van der Waals surface area contributed by atoms with Crippen LogP contribution in [0.4, 0.5) is 0 Å². The maximum absolute atomic E-state index is 12.1. The number of rotatable bonds is 8. The van der Waals surface area contributed by atoms with Gasteiger partial charge in [-0.25, -0.2) is 4.79 Å². The fourth-order valence-electron chi connectivity index (χ4n) is 1.77. The summed E-state index contributed by atoms with van der Waals surface area (Å²) in [5.41, 5.74) is 1.04. The van der Waals surface area contributed by atoms with Crippen molar-refractivity contribution in [2.75, 3.05) is 17.8 Å². The molecule has 0 aliphatic rings. The predicted molar refractivity (Wildman–Crippen MR) is 85.4 cm³/mol. The first-order valence-corrected chi connectivity index (χ1v) is 8.28. The highest BCUT2D eigenvalue weighted by Crippen LogP contribution is 2.11. The van der Waals surface area contributed by atoms with Gasteiger partial charge in [0.2, 0.25) is 5.91 Å². The fraction of sp³-hybridized carbons (Fsp3) is 0.429. The van der Waals surface area contributed by atoms with Gasteiger partial charge in [-0.1, -0.05) is 30.3 Å². The number of thioether (sulfide) groups is 1. The van der Waals surface area contributed by atoms with Crippen molar-refractivity contribution in [3.05, 3.63) is 35.9 Å². The molecule has 0 saturated carbocycles. The van der Waals surface area contributed by atoms with E-state index in [1.54, 1.807) is 0 Å². The summed E-state index contributed by atoms with van der Waals surface area (Å²) in [7, 11) is 0. The number of hydrogen-bond donors (Lipinski definition) is 3. The number of thiol groups is 1. The molecule has 4 nitrogen and oxygen atoms in total. The molecule has 0 fully saturated rings. The molecule has 0 heterocycles. The van der Waals surface area contributed by atoms with Crippen LogP contribution in [0.5, 0.6) is 0 Å². The Hall–Kier alpha value is -1.14.